The van der Waals surface area contributed by atoms with Crippen molar-refractivity contribution in [1.82, 2.24) is 21.1 Å². The summed E-state index contributed by atoms with van der Waals surface area (Å²) in [7, 11) is 1.61. The first-order valence-electron chi connectivity index (χ1n) is 19.5. The lowest BCUT2D eigenvalue weighted by Crippen LogP contribution is -2.50. The highest BCUT2D eigenvalue weighted by Gasteiger charge is 2.28. The van der Waals surface area contributed by atoms with Crippen LogP contribution in [0.3, 0.4) is 0 Å². The number of para-hydroxylation sites is 1. The van der Waals surface area contributed by atoms with E-state index in [-0.39, 0.29) is 25.3 Å². The Morgan fingerprint density at radius 2 is 1.33 bits per heavy atom. The topological polar surface area (TPSA) is 151 Å². The minimum Gasteiger partial charge on any atom is -0.497 e. The molecule has 5 aromatic carbocycles. The third-order valence-electron chi connectivity index (χ3n) is 9.99. The van der Waals surface area contributed by atoms with E-state index in [4.69, 9.17) is 14.2 Å². The van der Waals surface area contributed by atoms with E-state index in [1.165, 1.54) is 0 Å². The summed E-state index contributed by atoms with van der Waals surface area (Å²) < 4.78 is 17.6. The number of nitrogens with one attached hydrogen (secondary N) is 4. The van der Waals surface area contributed by atoms with Crippen molar-refractivity contribution in [1.29, 1.82) is 0 Å². The van der Waals surface area contributed by atoms with E-state index in [1.54, 1.807) is 12.6 Å². The van der Waals surface area contributed by atoms with Crippen LogP contribution in [0.5, 0.6) is 17.2 Å². The average Bonchev–Trinajstić information content (AvgIpc) is 3.67. The van der Waals surface area contributed by atoms with E-state index in [9.17, 15) is 19.6 Å². The second-order valence-corrected chi connectivity index (χ2v) is 14.2. The van der Waals surface area contributed by atoms with E-state index >= 15 is 0 Å². The molecule has 0 aliphatic heterocycles. The molecule has 0 spiro atoms. The SMILES string of the molecule is COc1ccc(CCC[C@@H](CC(=O)NO)C(=O)N[C@H](Cc2c[nH]c3ccccc23)C(=O)NCCc2cc(OCc3ccccc3)cc(OCc3ccccc3)c2)cc1. The van der Waals surface area contributed by atoms with Gasteiger partial charge in [0.05, 0.1) is 7.11 Å². The molecule has 6 aromatic rings. The number of aromatic amines is 1. The van der Waals surface area contributed by atoms with Gasteiger partial charge in [-0.1, -0.05) is 91.0 Å². The molecule has 11 nitrogen and oxygen atoms in total. The molecule has 0 saturated heterocycles. The lowest BCUT2D eigenvalue weighted by Gasteiger charge is -2.22. The molecule has 0 fully saturated rings. The Labute approximate surface area is 338 Å². The van der Waals surface area contributed by atoms with Gasteiger partial charge in [-0.25, -0.2) is 5.48 Å². The number of benzene rings is 5. The number of hydrogen-bond donors (Lipinski definition) is 5. The molecule has 6 rings (SSSR count). The molecule has 11 heteroatoms. The van der Waals surface area contributed by atoms with Crippen molar-refractivity contribution in [2.24, 2.45) is 5.92 Å². The number of hydrogen-bond acceptors (Lipinski definition) is 7. The van der Waals surface area contributed by atoms with Crippen molar-refractivity contribution in [3.8, 4) is 17.2 Å². The fourth-order valence-corrected chi connectivity index (χ4v) is 6.84. The van der Waals surface area contributed by atoms with Gasteiger partial charge in [0.1, 0.15) is 36.5 Å². The molecule has 0 bridgehead atoms. The summed E-state index contributed by atoms with van der Waals surface area (Å²) in [5.74, 6) is -0.226. The number of H-pyrrole nitrogens is 1. The summed E-state index contributed by atoms with van der Waals surface area (Å²) in [6.45, 7) is 1.05. The Morgan fingerprint density at radius 1 is 0.690 bits per heavy atom. The Morgan fingerprint density at radius 3 is 1.97 bits per heavy atom. The highest BCUT2D eigenvalue weighted by molar-refractivity contribution is 5.91. The van der Waals surface area contributed by atoms with Crippen LogP contribution in [0.4, 0.5) is 0 Å². The van der Waals surface area contributed by atoms with E-state index < -0.39 is 23.8 Å². The summed E-state index contributed by atoms with van der Waals surface area (Å²) >= 11 is 0. The zero-order valence-electron chi connectivity index (χ0n) is 32.6. The minimum absolute atomic E-state index is 0.215. The third-order valence-corrected chi connectivity index (χ3v) is 9.99. The summed E-state index contributed by atoms with van der Waals surface area (Å²) in [4.78, 5) is 43.5. The molecule has 300 valence electrons. The smallest absolute Gasteiger partial charge is 0.244 e. The van der Waals surface area contributed by atoms with Crippen molar-refractivity contribution in [2.75, 3.05) is 13.7 Å². The zero-order chi connectivity index (χ0) is 40.5. The van der Waals surface area contributed by atoms with Gasteiger partial charge >= 0.3 is 0 Å². The van der Waals surface area contributed by atoms with Crippen LogP contribution in [0, 0.1) is 5.92 Å². The van der Waals surface area contributed by atoms with Gasteiger partial charge in [-0.15, -0.1) is 0 Å². The van der Waals surface area contributed by atoms with E-state index in [1.807, 2.05) is 134 Å². The summed E-state index contributed by atoms with van der Waals surface area (Å²) in [5.41, 5.74) is 7.46. The number of amides is 3. The van der Waals surface area contributed by atoms with E-state index in [0.717, 1.165) is 44.5 Å². The molecule has 0 saturated carbocycles. The number of fused-ring (bicyclic) bond motifs is 1. The first-order chi connectivity index (χ1) is 28.4. The molecule has 0 unspecified atom stereocenters. The lowest BCUT2D eigenvalue weighted by molar-refractivity contribution is -0.136. The lowest BCUT2D eigenvalue weighted by atomic mass is 9.94. The third kappa shape index (κ3) is 12.2. The molecule has 2 atom stereocenters. The van der Waals surface area contributed by atoms with Crippen molar-refractivity contribution >= 4 is 28.6 Å². The maximum atomic E-state index is 14.0. The van der Waals surface area contributed by atoms with Gasteiger partial charge < -0.3 is 29.8 Å². The largest absolute Gasteiger partial charge is 0.497 e. The Bertz CT molecular complexity index is 2160. The summed E-state index contributed by atoms with van der Waals surface area (Å²) in [6.07, 6.45) is 3.94. The van der Waals surface area contributed by atoms with Crippen LogP contribution in [0.2, 0.25) is 0 Å². The predicted molar refractivity (Wildman–Crippen MR) is 223 cm³/mol. The maximum absolute atomic E-state index is 14.0. The van der Waals surface area contributed by atoms with Gasteiger partial charge in [0.2, 0.25) is 17.7 Å². The van der Waals surface area contributed by atoms with Gasteiger partial charge in [-0.3, -0.25) is 19.6 Å². The van der Waals surface area contributed by atoms with Crippen LogP contribution in [0.25, 0.3) is 10.9 Å². The number of hydroxylamine groups is 1. The van der Waals surface area contributed by atoms with Crippen LogP contribution < -0.4 is 30.3 Å². The van der Waals surface area contributed by atoms with Gasteiger partial charge in [0.25, 0.3) is 0 Å². The van der Waals surface area contributed by atoms with Crippen molar-refractivity contribution < 1.29 is 33.8 Å². The fourth-order valence-electron chi connectivity index (χ4n) is 6.84. The molecule has 58 heavy (non-hydrogen) atoms. The molecule has 1 aromatic heterocycles. The van der Waals surface area contributed by atoms with E-state index in [2.05, 4.69) is 15.6 Å². The second-order valence-electron chi connectivity index (χ2n) is 14.2. The van der Waals surface area contributed by atoms with Gasteiger partial charge in [-0.05, 0) is 83.8 Å². The predicted octanol–water partition coefficient (Wildman–Crippen LogP) is 7.26. The quantitative estimate of drug-likeness (QED) is 0.0381. The van der Waals surface area contributed by atoms with Crippen LogP contribution in [0.15, 0.2) is 134 Å². The minimum atomic E-state index is -0.946. The monoisotopic (exact) mass is 782 g/mol. The number of carbonyl (C=O) groups excluding carboxylic acids is 3. The van der Waals surface area contributed by atoms with Crippen LogP contribution >= 0.6 is 0 Å². The number of aromatic nitrogens is 1. The van der Waals surface area contributed by atoms with Gasteiger partial charge in [0.15, 0.2) is 0 Å². The van der Waals surface area contributed by atoms with Gasteiger partial charge in [-0.2, -0.15) is 0 Å². The second kappa shape index (κ2) is 21.1. The number of methoxy groups -OCH3 is 1. The molecular formula is C47H50N4O7. The molecule has 1 heterocycles. The molecule has 0 aliphatic rings. The normalized spacial score (nSPS) is 12.0. The first kappa shape index (κ1) is 41.1. The highest BCUT2D eigenvalue weighted by Crippen LogP contribution is 2.26. The highest BCUT2D eigenvalue weighted by atomic mass is 16.5. The summed E-state index contributed by atoms with van der Waals surface area (Å²) in [5, 5.41) is 16.3. The zero-order valence-corrected chi connectivity index (χ0v) is 32.6. The van der Waals surface area contributed by atoms with Gasteiger partial charge in [0, 0.05) is 48.5 Å². The Kier molecular flexibility index (Phi) is 14.9. The van der Waals surface area contributed by atoms with Crippen LogP contribution in [-0.4, -0.2) is 47.6 Å². The molecule has 0 aliphatic carbocycles. The Hall–Kier alpha value is -6.59. The van der Waals surface area contributed by atoms with Crippen LogP contribution in [0.1, 0.15) is 47.1 Å². The molecule has 5 N–H and O–H groups in total. The maximum Gasteiger partial charge on any atom is 0.244 e. The van der Waals surface area contributed by atoms with Crippen molar-refractivity contribution in [2.45, 2.75) is 57.8 Å². The standard InChI is InChI=1S/C47H50N4O7/c1-56-39-21-19-33(20-22-39)15-10-16-37(28-45(52)51-55)46(53)50-44(27-38-30-49-43-18-9-8-17-42(38)43)47(54)48-24-23-36-25-40(57-31-34-11-4-2-5-12-34)29-41(26-36)58-32-35-13-6-3-7-14-35/h2-9,11-14,17-22,25-26,29-30,37,44,49,55H,10,15-16,23-24,27-28,31-32H2,1H3,(H,48,54)(H,50,53)(H,51,52)/t37-,44+/m0/s1. The van der Waals surface area contributed by atoms with E-state index in [0.29, 0.717) is 50.4 Å². The fraction of sp³-hybridized carbons (Fsp3) is 0.255. The first-order valence-corrected chi connectivity index (χ1v) is 19.5. The number of ether oxygens (including phenoxy) is 3. The Balaban J connectivity index is 1.15. The number of aryl methyl sites for hydroxylation is 1. The molecule has 0 radical (unpaired) electrons. The molecule has 3 amide bonds. The number of rotatable bonds is 21. The van der Waals surface area contributed by atoms with Crippen LogP contribution in [-0.2, 0) is 46.9 Å². The summed E-state index contributed by atoms with van der Waals surface area (Å²) in [6, 6.07) is 40.1. The average molecular weight is 783 g/mol. The number of carbonyl (C=O) groups is 3. The van der Waals surface area contributed by atoms with Crippen molar-refractivity contribution in [3.05, 3.63) is 161 Å². The molecular weight excluding hydrogens is 733 g/mol. The van der Waals surface area contributed by atoms with Crippen molar-refractivity contribution in [3.63, 3.8) is 0 Å².